The molecule has 0 atom stereocenters. The fourth-order valence-corrected chi connectivity index (χ4v) is 3.77. The van der Waals surface area contributed by atoms with E-state index in [2.05, 4.69) is 30.1 Å². The number of piperazine rings is 1. The fourth-order valence-electron chi connectivity index (χ4n) is 3.77. The average Bonchev–Trinajstić information content (AvgIpc) is 2.81. The van der Waals surface area contributed by atoms with Crippen LogP contribution in [0.15, 0.2) is 52.9 Å². The number of hydrogen-bond donors (Lipinski definition) is 2. The summed E-state index contributed by atoms with van der Waals surface area (Å²) in [6.45, 7) is 10.4. The van der Waals surface area contributed by atoms with Gasteiger partial charge in [-0.15, -0.1) is 0 Å². The molecule has 1 aliphatic rings. The van der Waals surface area contributed by atoms with Crippen molar-refractivity contribution in [3.8, 4) is 11.3 Å². The molecule has 8 nitrogen and oxygen atoms in total. The van der Waals surface area contributed by atoms with Crippen molar-refractivity contribution in [2.75, 3.05) is 44.7 Å². The minimum absolute atomic E-state index is 0.0363. The molecule has 0 bridgehead atoms. The van der Waals surface area contributed by atoms with Crippen molar-refractivity contribution < 1.29 is 4.79 Å². The van der Waals surface area contributed by atoms with E-state index >= 15 is 0 Å². The lowest BCUT2D eigenvalue weighted by atomic mass is 10.1. The standard InChI is InChI=1S/C24H33N7O/c1-17(25)22(18(2)26-4)16-30-11-13-31(14-12-30)24-23(27-9-10-28-24)21-7-5-20(6-8-21)15-29-19(3)32/h5-10H,11-16,25H2,1-4H3,(H,29,32)/b22-17-,26-18?. The number of allylic oxidation sites excluding steroid dienone is 1. The maximum Gasteiger partial charge on any atom is 0.217 e. The molecule has 0 aliphatic carbocycles. The van der Waals surface area contributed by atoms with Gasteiger partial charge in [0.2, 0.25) is 5.91 Å². The molecule has 1 saturated heterocycles. The molecule has 1 aromatic heterocycles. The first-order valence-corrected chi connectivity index (χ1v) is 10.9. The summed E-state index contributed by atoms with van der Waals surface area (Å²) < 4.78 is 0. The molecule has 170 valence electrons. The lowest BCUT2D eigenvalue weighted by molar-refractivity contribution is -0.119. The van der Waals surface area contributed by atoms with Gasteiger partial charge in [0.25, 0.3) is 0 Å². The molecule has 3 rings (SSSR count). The number of benzene rings is 1. The van der Waals surface area contributed by atoms with Gasteiger partial charge in [-0.2, -0.15) is 0 Å². The number of hydrogen-bond acceptors (Lipinski definition) is 7. The van der Waals surface area contributed by atoms with Gasteiger partial charge in [-0.3, -0.25) is 19.7 Å². The number of nitrogens with one attached hydrogen (secondary N) is 1. The van der Waals surface area contributed by atoms with Crippen LogP contribution in [0.5, 0.6) is 0 Å². The van der Waals surface area contributed by atoms with Crippen LogP contribution in [-0.2, 0) is 11.3 Å². The number of aromatic nitrogens is 2. The van der Waals surface area contributed by atoms with Crippen LogP contribution in [-0.4, -0.2) is 66.3 Å². The maximum atomic E-state index is 11.1. The minimum Gasteiger partial charge on any atom is -0.402 e. The Morgan fingerprint density at radius 3 is 2.31 bits per heavy atom. The third kappa shape index (κ3) is 5.91. The van der Waals surface area contributed by atoms with Gasteiger partial charge in [-0.1, -0.05) is 24.3 Å². The summed E-state index contributed by atoms with van der Waals surface area (Å²) in [7, 11) is 1.80. The summed E-state index contributed by atoms with van der Waals surface area (Å²) in [5.41, 5.74) is 12.0. The molecule has 2 heterocycles. The molecule has 1 aromatic carbocycles. The van der Waals surface area contributed by atoms with E-state index in [-0.39, 0.29) is 5.91 Å². The largest absolute Gasteiger partial charge is 0.402 e. The van der Waals surface area contributed by atoms with Gasteiger partial charge in [-0.25, -0.2) is 4.98 Å². The number of rotatable bonds is 7. The molecule has 8 heteroatoms. The van der Waals surface area contributed by atoms with E-state index in [1.54, 1.807) is 19.4 Å². The van der Waals surface area contributed by atoms with Gasteiger partial charge in [0.15, 0.2) is 5.82 Å². The number of carbonyl (C=O) groups is 1. The highest BCUT2D eigenvalue weighted by Crippen LogP contribution is 2.27. The summed E-state index contributed by atoms with van der Waals surface area (Å²) in [4.78, 5) is 29.4. The molecule has 1 amide bonds. The predicted octanol–water partition coefficient (Wildman–Crippen LogP) is 2.23. The number of amides is 1. The van der Waals surface area contributed by atoms with Crippen molar-refractivity contribution in [1.29, 1.82) is 0 Å². The number of aliphatic imine (C=N–C) groups is 1. The van der Waals surface area contributed by atoms with Gasteiger partial charge >= 0.3 is 0 Å². The van der Waals surface area contributed by atoms with E-state index in [0.29, 0.717) is 6.54 Å². The topological polar surface area (TPSA) is 99.7 Å². The normalized spacial score (nSPS) is 16.0. The van der Waals surface area contributed by atoms with Crippen LogP contribution >= 0.6 is 0 Å². The van der Waals surface area contributed by atoms with E-state index in [1.807, 2.05) is 38.1 Å². The Kier molecular flexibility index (Phi) is 7.94. The Bertz CT molecular complexity index is 986. The zero-order valence-electron chi connectivity index (χ0n) is 19.4. The van der Waals surface area contributed by atoms with Crippen LogP contribution in [0.2, 0.25) is 0 Å². The zero-order chi connectivity index (χ0) is 23.1. The summed E-state index contributed by atoms with van der Waals surface area (Å²) >= 11 is 0. The van der Waals surface area contributed by atoms with Crippen molar-refractivity contribution >= 4 is 17.4 Å². The molecular formula is C24H33N7O. The van der Waals surface area contributed by atoms with Crippen molar-refractivity contribution in [3.05, 3.63) is 53.5 Å². The molecule has 0 unspecified atom stereocenters. The molecule has 32 heavy (non-hydrogen) atoms. The molecule has 1 fully saturated rings. The monoisotopic (exact) mass is 435 g/mol. The van der Waals surface area contributed by atoms with Crippen LogP contribution < -0.4 is 16.0 Å². The highest BCUT2D eigenvalue weighted by atomic mass is 16.1. The van der Waals surface area contributed by atoms with E-state index < -0.39 is 0 Å². The Morgan fingerprint density at radius 2 is 1.72 bits per heavy atom. The minimum atomic E-state index is -0.0363. The lowest BCUT2D eigenvalue weighted by Gasteiger charge is -2.36. The van der Waals surface area contributed by atoms with Gasteiger partial charge < -0.3 is 16.0 Å². The van der Waals surface area contributed by atoms with Gasteiger partial charge in [0, 0.05) is 88.2 Å². The Hall–Kier alpha value is -3.26. The fraction of sp³-hybridized carbons (Fsp3) is 0.417. The Morgan fingerprint density at radius 1 is 1.06 bits per heavy atom. The van der Waals surface area contributed by atoms with Gasteiger partial charge in [-0.05, 0) is 19.4 Å². The Balaban J connectivity index is 1.69. The third-order valence-electron chi connectivity index (χ3n) is 5.75. The van der Waals surface area contributed by atoms with Crippen molar-refractivity contribution in [3.63, 3.8) is 0 Å². The second-order valence-electron chi connectivity index (χ2n) is 8.07. The first kappa shape index (κ1) is 23.4. The van der Waals surface area contributed by atoms with Crippen LogP contribution in [0, 0.1) is 0 Å². The van der Waals surface area contributed by atoms with Crippen molar-refractivity contribution in [1.82, 2.24) is 20.2 Å². The SMILES string of the molecule is CN=C(C)/C(CN1CCN(c2nccnc2-c2ccc(CNC(C)=O)cc2)CC1)=C(/C)N. The van der Waals surface area contributed by atoms with Crippen LogP contribution in [0.4, 0.5) is 5.82 Å². The maximum absolute atomic E-state index is 11.1. The quantitative estimate of drug-likeness (QED) is 0.647. The van der Waals surface area contributed by atoms with Crippen LogP contribution in [0.3, 0.4) is 0 Å². The average molecular weight is 436 g/mol. The van der Waals surface area contributed by atoms with E-state index in [1.165, 1.54) is 6.92 Å². The summed E-state index contributed by atoms with van der Waals surface area (Å²) in [5.74, 6) is 0.865. The third-order valence-corrected chi connectivity index (χ3v) is 5.75. The molecule has 1 aliphatic heterocycles. The first-order valence-electron chi connectivity index (χ1n) is 10.9. The van der Waals surface area contributed by atoms with Crippen LogP contribution in [0.25, 0.3) is 11.3 Å². The summed E-state index contributed by atoms with van der Waals surface area (Å²) in [6.07, 6.45) is 3.48. The lowest BCUT2D eigenvalue weighted by Crippen LogP contribution is -2.48. The molecule has 2 aromatic rings. The number of nitrogens with two attached hydrogens (primary N) is 1. The number of nitrogens with zero attached hydrogens (tertiary/aromatic N) is 5. The highest BCUT2D eigenvalue weighted by molar-refractivity contribution is 5.99. The zero-order valence-corrected chi connectivity index (χ0v) is 19.4. The highest BCUT2D eigenvalue weighted by Gasteiger charge is 2.22. The van der Waals surface area contributed by atoms with E-state index in [9.17, 15) is 4.79 Å². The van der Waals surface area contributed by atoms with Crippen molar-refractivity contribution in [2.45, 2.75) is 27.3 Å². The summed E-state index contributed by atoms with van der Waals surface area (Å²) in [5, 5.41) is 2.82. The number of carbonyl (C=O) groups excluding carboxylic acids is 1. The first-order chi connectivity index (χ1) is 15.4. The molecule has 0 saturated carbocycles. The van der Waals surface area contributed by atoms with Crippen molar-refractivity contribution in [2.24, 2.45) is 10.7 Å². The molecule has 0 radical (unpaired) electrons. The van der Waals surface area contributed by atoms with Gasteiger partial charge in [0.05, 0.1) is 0 Å². The Labute approximate surface area is 190 Å². The predicted molar refractivity (Wildman–Crippen MR) is 130 cm³/mol. The number of anilines is 1. The van der Waals surface area contributed by atoms with E-state index in [4.69, 9.17) is 5.73 Å². The van der Waals surface area contributed by atoms with Crippen LogP contribution in [0.1, 0.15) is 26.3 Å². The second-order valence-corrected chi connectivity index (χ2v) is 8.07. The smallest absolute Gasteiger partial charge is 0.217 e. The van der Waals surface area contributed by atoms with E-state index in [0.717, 1.165) is 72.3 Å². The molecular weight excluding hydrogens is 402 g/mol. The molecule has 3 N–H and O–H groups in total. The molecule has 0 spiro atoms. The second kappa shape index (κ2) is 10.9. The summed E-state index contributed by atoms with van der Waals surface area (Å²) in [6, 6.07) is 8.11. The van der Waals surface area contributed by atoms with Gasteiger partial charge in [0.1, 0.15) is 5.69 Å².